The molecule has 1 aliphatic heterocycles. The molecule has 1 aromatic rings. The first-order valence-electron chi connectivity index (χ1n) is 6.19. The lowest BCUT2D eigenvalue weighted by Crippen LogP contribution is -2.41. The highest BCUT2D eigenvalue weighted by Gasteiger charge is 2.33. The van der Waals surface area contributed by atoms with Crippen LogP contribution in [0.15, 0.2) is 22.7 Å². The number of amides is 1. The number of nitrogens with one attached hydrogen (secondary N) is 2. The van der Waals surface area contributed by atoms with Gasteiger partial charge in [-0.2, -0.15) is 0 Å². The topological polar surface area (TPSA) is 50.4 Å². The summed E-state index contributed by atoms with van der Waals surface area (Å²) in [4.78, 5) is 12.3. The van der Waals surface area contributed by atoms with Gasteiger partial charge in [0.25, 0.3) is 0 Å². The van der Waals surface area contributed by atoms with Gasteiger partial charge in [-0.1, -0.05) is 18.5 Å². The van der Waals surface area contributed by atoms with E-state index in [9.17, 15) is 4.79 Å². The van der Waals surface area contributed by atoms with Crippen LogP contribution in [0.3, 0.4) is 0 Å². The molecule has 2 atom stereocenters. The molecule has 2 N–H and O–H groups in total. The highest BCUT2D eigenvalue weighted by Crippen LogP contribution is 2.27. The molecular weight excluding hydrogens is 332 g/mol. The Kier molecular flexibility index (Phi) is 5.21. The number of likely N-dealkylation sites (N-methyl/N-ethyl adjacent to an activating group) is 1. The normalized spacial score (nSPS) is 22.5. The summed E-state index contributed by atoms with van der Waals surface area (Å²) in [6, 6.07) is 5.36. The zero-order valence-corrected chi connectivity index (χ0v) is 12.9. The van der Waals surface area contributed by atoms with E-state index in [0.717, 1.165) is 16.7 Å². The second-order valence-corrected chi connectivity index (χ2v) is 5.71. The summed E-state index contributed by atoms with van der Waals surface area (Å²) in [5.74, 6) is -0.200. The third-order valence-electron chi connectivity index (χ3n) is 3.07. The van der Waals surface area contributed by atoms with Crippen molar-refractivity contribution in [1.29, 1.82) is 0 Å². The van der Waals surface area contributed by atoms with Gasteiger partial charge < -0.3 is 15.4 Å². The van der Waals surface area contributed by atoms with Crippen molar-refractivity contribution in [2.24, 2.45) is 5.92 Å². The molecule has 0 spiro atoms. The summed E-state index contributed by atoms with van der Waals surface area (Å²) >= 11 is 9.26. The van der Waals surface area contributed by atoms with Crippen LogP contribution in [-0.4, -0.2) is 31.7 Å². The number of carbonyl (C=O) groups excluding carboxylic acids is 1. The number of hydrogen-bond donors (Lipinski definition) is 2. The lowest BCUT2D eigenvalue weighted by Gasteiger charge is -2.18. The minimum Gasteiger partial charge on any atom is -0.379 e. The molecule has 2 unspecified atom stereocenters. The molecule has 0 aromatic heterocycles. The Morgan fingerprint density at radius 2 is 2.32 bits per heavy atom. The lowest BCUT2D eigenvalue weighted by molar-refractivity contribution is -0.120. The Hall–Kier alpha value is -0.620. The Morgan fingerprint density at radius 1 is 1.53 bits per heavy atom. The maximum Gasteiger partial charge on any atom is 0.231 e. The summed E-state index contributed by atoms with van der Waals surface area (Å²) in [6.45, 7) is 3.87. The lowest BCUT2D eigenvalue weighted by atomic mass is 10.0. The van der Waals surface area contributed by atoms with Gasteiger partial charge in [-0.3, -0.25) is 4.79 Å². The molecule has 1 saturated heterocycles. The van der Waals surface area contributed by atoms with Crippen LogP contribution in [0.1, 0.15) is 6.92 Å². The maximum atomic E-state index is 12.3. The highest BCUT2D eigenvalue weighted by molar-refractivity contribution is 9.10. The van der Waals surface area contributed by atoms with Gasteiger partial charge in [0.05, 0.1) is 24.8 Å². The number of carbonyl (C=O) groups is 1. The molecule has 0 radical (unpaired) electrons. The van der Waals surface area contributed by atoms with Crippen molar-refractivity contribution >= 4 is 39.1 Å². The number of hydrogen-bond acceptors (Lipinski definition) is 3. The zero-order chi connectivity index (χ0) is 13.8. The SMILES string of the molecule is CCNC1COCC1C(=O)Nc1ccc(Cl)cc1Br. The van der Waals surface area contributed by atoms with Crippen LogP contribution in [-0.2, 0) is 9.53 Å². The first-order chi connectivity index (χ1) is 9.11. The van der Waals surface area contributed by atoms with Crippen molar-refractivity contribution in [2.45, 2.75) is 13.0 Å². The molecule has 2 rings (SSSR count). The van der Waals surface area contributed by atoms with E-state index in [1.807, 2.05) is 6.92 Å². The molecule has 19 heavy (non-hydrogen) atoms. The Bertz CT molecular complexity index is 470. The summed E-state index contributed by atoms with van der Waals surface area (Å²) in [7, 11) is 0. The van der Waals surface area contributed by atoms with Crippen LogP contribution in [0.4, 0.5) is 5.69 Å². The number of ether oxygens (including phenoxy) is 1. The van der Waals surface area contributed by atoms with Crippen LogP contribution < -0.4 is 10.6 Å². The van der Waals surface area contributed by atoms with Gasteiger partial charge in [0.1, 0.15) is 0 Å². The summed E-state index contributed by atoms with van der Waals surface area (Å²) in [5.41, 5.74) is 0.719. The molecule has 104 valence electrons. The molecule has 0 bridgehead atoms. The number of anilines is 1. The summed E-state index contributed by atoms with van der Waals surface area (Å²) in [5, 5.41) is 6.79. The minimum atomic E-state index is -0.164. The first kappa shape index (κ1) is 14.8. The van der Waals surface area contributed by atoms with E-state index < -0.39 is 0 Å². The van der Waals surface area contributed by atoms with E-state index >= 15 is 0 Å². The quantitative estimate of drug-likeness (QED) is 0.880. The fourth-order valence-electron chi connectivity index (χ4n) is 2.09. The van der Waals surface area contributed by atoms with Crippen LogP contribution in [0.5, 0.6) is 0 Å². The third-order valence-corrected chi connectivity index (χ3v) is 3.96. The molecule has 0 aliphatic carbocycles. The third kappa shape index (κ3) is 3.69. The van der Waals surface area contributed by atoms with Gasteiger partial charge in [-0.05, 0) is 40.7 Å². The van der Waals surface area contributed by atoms with E-state index in [1.165, 1.54) is 0 Å². The largest absolute Gasteiger partial charge is 0.379 e. The average Bonchev–Trinajstić information content (AvgIpc) is 2.81. The molecule has 1 fully saturated rings. The van der Waals surface area contributed by atoms with E-state index in [0.29, 0.717) is 18.2 Å². The molecule has 0 saturated carbocycles. The molecule has 1 aliphatic rings. The van der Waals surface area contributed by atoms with Gasteiger partial charge in [-0.25, -0.2) is 0 Å². The second kappa shape index (κ2) is 6.70. The Morgan fingerprint density at radius 3 is 3.00 bits per heavy atom. The number of rotatable bonds is 4. The van der Waals surface area contributed by atoms with Crippen molar-refractivity contribution < 1.29 is 9.53 Å². The van der Waals surface area contributed by atoms with E-state index in [4.69, 9.17) is 16.3 Å². The van der Waals surface area contributed by atoms with Crippen molar-refractivity contribution in [3.8, 4) is 0 Å². The van der Waals surface area contributed by atoms with Crippen molar-refractivity contribution in [1.82, 2.24) is 5.32 Å². The first-order valence-corrected chi connectivity index (χ1v) is 7.36. The van der Waals surface area contributed by atoms with Crippen molar-refractivity contribution in [3.63, 3.8) is 0 Å². The predicted molar refractivity (Wildman–Crippen MR) is 79.6 cm³/mol. The van der Waals surface area contributed by atoms with Gasteiger partial charge in [0.15, 0.2) is 0 Å². The van der Waals surface area contributed by atoms with Crippen LogP contribution in [0.25, 0.3) is 0 Å². The van der Waals surface area contributed by atoms with Crippen molar-refractivity contribution in [3.05, 3.63) is 27.7 Å². The Balaban J connectivity index is 2.04. The average molecular weight is 348 g/mol. The van der Waals surface area contributed by atoms with Crippen LogP contribution >= 0.6 is 27.5 Å². The van der Waals surface area contributed by atoms with Gasteiger partial charge >= 0.3 is 0 Å². The van der Waals surface area contributed by atoms with Gasteiger partial charge in [0, 0.05) is 15.5 Å². The number of benzene rings is 1. The summed E-state index contributed by atoms with van der Waals surface area (Å²) in [6.07, 6.45) is 0. The Labute approximate surface area is 126 Å². The van der Waals surface area contributed by atoms with E-state index in [1.54, 1.807) is 18.2 Å². The minimum absolute atomic E-state index is 0.0357. The van der Waals surface area contributed by atoms with Gasteiger partial charge in [-0.15, -0.1) is 0 Å². The zero-order valence-electron chi connectivity index (χ0n) is 10.6. The molecular formula is C13H16BrClN2O2. The van der Waals surface area contributed by atoms with Crippen molar-refractivity contribution in [2.75, 3.05) is 25.1 Å². The fraction of sp³-hybridized carbons (Fsp3) is 0.462. The van der Waals surface area contributed by atoms with E-state index in [2.05, 4.69) is 26.6 Å². The smallest absolute Gasteiger partial charge is 0.231 e. The molecule has 1 aromatic carbocycles. The standard InChI is InChI=1S/C13H16BrClN2O2/c1-2-16-12-7-19-6-9(12)13(18)17-11-4-3-8(15)5-10(11)14/h3-5,9,12,16H,2,6-7H2,1H3,(H,17,18). The van der Waals surface area contributed by atoms with Crippen LogP contribution in [0, 0.1) is 5.92 Å². The highest BCUT2D eigenvalue weighted by atomic mass is 79.9. The molecule has 1 amide bonds. The van der Waals surface area contributed by atoms with Gasteiger partial charge in [0.2, 0.25) is 5.91 Å². The molecule has 6 heteroatoms. The monoisotopic (exact) mass is 346 g/mol. The fourth-order valence-corrected chi connectivity index (χ4v) is 2.87. The van der Waals surface area contributed by atoms with Crippen LogP contribution in [0.2, 0.25) is 5.02 Å². The summed E-state index contributed by atoms with van der Waals surface area (Å²) < 4.78 is 6.14. The maximum absolute atomic E-state index is 12.3. The second-order valence-electron chi connectivity index (χ2n) is 4.42. The van der Waals surface area contributed by atoms with E-state index in [-0.39, 0.29) is 17.9 Å². The molecule has 4 nitrogen and oxygen atoms in total. The number of halogens is 2. The molecule has 1 heterocycles. The predicted octanol–water partition coefficient (Wildman–Crippen LogP) is 2.67.